The molecule has 0 saturated heterocycles. The summed E-state index contributed by atoms with van der Waals surface area (Å²) < 4.78 is 0. The van der Waals surface area contributed by atoms with Crippen molar-refractivity contribution in [2.24, 2.45) is 5.92 Å². The van der Waals surface area contributed by atoms with E-state index >= 15 is 0 Å². The maximum absolute atomic E-state index is 9.42. The lowest BCUT2D eigenvalue weighted by molar-refractivity contribution is 0.0326. The number of rotatable bonds is 3. The lowest BCUT2D eigenvalue weighted by Gasteiger charge is -2.48. The molecule has 0 aliphatic heterocycles. The normalized spacial score (nSPS) is 39.4. The van der Waals surface area contributed by atoms with Crippen LogP contribution in [0.2, 0.25) is 0 Å². The van der Waals surface area contributed by atoms with Gasteiger partial charge in [0, 0.05) is 11.6 Å². The largest absolute Gasteiger partial charge is 0.394 e. The van der Waals surface area contributed by atoms with Crippen molar-refractivity contribution >= 4 is 0 Å². The van der Waals surface area contributed by atoms with Gasteiger partial charge in [0.1, 0.15) is 0 Å². The van der Waals surface area contributed by atoms with Crippen molar-refractivity contribution in [1.29, 1.82) is 0 Å². The second kappa shape index (κ2) is 4.19. The second-order valence-corrected chi connectivity index (χ2v) is 5.43. The Balaban J connectivity index is 1.82. The topological polar surface area (TPSA) is 32.3 Å². The van der Waals surface area contributed by atoms with Gasteiger partial charge < -0.3 is 10.4 Å². The molecule has 2 aliphatic carbocycles. The highest BCUT2D eigenvalue weighted by Crippen LogP contribution is 2.38. The number of hydrogen-bond acceptors (Lipinski definition) is 2. The predicted octanol–water partition coefficient (Wildman–Crippen LogP) is 2.07. The summed E-state index contributed by atoms with van der Waals surface area (Å²) >= 11 is 0. The van der Waals surface area contributed by atoms with E-state index in [0.29, 0.717) is 12.6 Å². The van der Waals surface area contributed by atoms with Gasteiger partial charge >= 0.3 is 0 Å². The molecule has 0 bridgehead atoms. The molecule has 82 valence electrons. The van der Waals surface area contributed by atoms with Crippen LogP contribution in [0.25, 0.3) is 0 Å². The number of aliphatic hydroxyl groups is 1. The van der Waals surface area contributed by atoms with Crippen molar-refractivity contribution in [3.8, 4) is 0 Å². The third-order valence-corrected chi connectivity index (χ3v) is 3.90. The van der Waals surface area contributed by atoms with Crippen LogP contribution in [0.3, 0.4) is 0 Å². The molecule has 2 heteroatoms. The highest BCUT2D eigenvalue weighted by molar-refractivity contribution is 5.01. The van der Waals surface area contributed by atoms with Crippen molar-refractivity contribution in [2.45, 2.75) is 63.5 Å². The number of hydrogen-bond donors (Lipinski definition) is 2. The average molecular weight is 197 g/mol. The molecule has 14 heavy (non-hydrogen) atoms. The van der Waals surface area contributed by atoms with Gasteiger partial charge in [-0.2, -0.15) is 0 Å². The Morgan fingerprint density at radius 2 is 1.86 bits per heavy atom. The van der Waals surface area contributed by atoms with Gasteiger partial charge in [0.15, 0.2) is 0 Å². The van der Waals surface area contributed by atoms with Crippen LogP contribution in [-0.4, -0.2) is 23.3 Å². The molecule has 0 atom stereocenters. The van der Waals surface area contributed by atoms with E-state index < -0.39 is 0 Å². The van der Waals surface area contributed by atoms with Crippen molar-refractivity contribution in [3.05, 3.63) is 0 Å². The molecule has 0 spiro atoms. The van der Waals surface area contributed by atoms with E-state index in [2.05, 4.69) is 12.2 Å². The van der Waals surface area contributed by atoms with Crippen LogP contribution in [0, 0.1) is 5.92 Å². The van der Waals surface area contributed by atoms with Gasteiger partial charge in [-0.1, -0.05) is 26.2 Å². The van der Waals surface area contributed by atoms with Gasteiger partial charge in [-0.25, -0.2) is 0 Å². The molecule has 0 radical (unpaired) electrons. The molecule has 0 aromatic carbocycles. The molecule has 2 fully saturated rings. The summed E-state index contributed by atoms with van der Waals surface area (Å²) in [6.45, 7) is 2.60. The number of aliphatic hydroxyl groups excluding tert-OH is 1. The third-order valence-electron chi connectivity index (χ3n) is 3.90. The fourth-order valence-electron chi connectivity index (χ4n) is 3.25. The zero-order valence-electron chi connectivity index (χ0n) is 9.26. The van der Waals surface area contributed by atoms with Crippen LogP contribution in [-0.2, 0) is 0 Å². The fourth-order valence-corrected chi connectivity index (χ4v) is 3.25. The first-order valence-corrected chi connectivity index (χ1v) is 6.13. The van der Waals surface area contributed by atoms with Crippen LogP contribution in [0.15, 0.2) is 0 Å². The standard InChI is InChI=1S/C12H23NO/c1-10-7-12(8-10,9-14)13-11-5-3-2-4-6-11/h10-11,13-14H,2-9H2,1H3. The van der Waals surface area contributed by atoms with Crippen LogP contribution < -0.4 is 5.32 Å². The summed E-state index contributed by atoms with van der Waals surface area (Å²) in [5, 5.41) is 13.1. The first-order chi connectivity index (χ1) is 6.74. The Morgan fingerprint density at radius 1 is 1.21 bits per heavy atom. The SMILES string of the molecule is CC1CC(CO)(NC2CCCCC2)C1. The van der Waals surface area contributed by atoms with Gasteiger partial charge in [-0.15, -0.1) is 0 Å². The maximum Gasteiger partial charge on any atom is 0.0613 e. The Labute approximate surface area is 87.1 Å². The quantitative estimate of drug-likeness (QED) is 0.726. The highest BCUT2D eigenvalue weighted by atomic mass is 16.3. The van der Waals surface area contributed by atoms with Gasteiger partial charge in [-0.3, -0.25) is 0 Å². The Bertz CT molecular complexity index is 181. The van der Waals surface area contributed by atoms with E-state index in [1.54, 1.807) is 0 Å². The lowest BCUT2D eigenvalue weighted by Crippen LogP contribution is -2.60. The van der Waals surface area contributed by atoms with E-state index in [9.17, 15) is 5.11 Å². The van der Waals surface area contributed by atoms with Gasteiger partial charge in [0.2, 0.25) is 0 Å². The monoisotopic (exact) mass is 197 g/mol. The minimum atomic E-state index is 0.0986. The van der Waals surface area contributed by atoms with E-state index in [1.165, 1.54) is 44.9 Å². The molecular weight excluding hydrogens is 174 g/mol. The Hall–Kier alpha value is -0.0800. The Morgan fingerprint density at radius 3 is 2.36 bits per heavy atom. The molecule has 0 unspecified atom stereocenters. The first kappa shape index (κ1) is 10.4. The smallest absolute Gasteiger partial charge is 0.0613 e. The predicted molar refractivity (Wildman–Crippen MR) is 58.2 cm³/mol. The minimum absolute atomic E-state index is 0.0986. The van der Waals surface area contributed by atoms with Gasteiger partial charge in [0.05, 0.1) is 6.61 Å². The molecular formula is C12H23NO. The summed E-state index contributed by atoms with van der Waals surface area (Å²) in [6.07, 6.45) is 9.11. The van der Waals surface area contributed by atoms with E-state index in [0.717, 1.165) is 5.92 Å². The molecule has 0 aromatic rings. The minimum Gasteiger partial charge on any atom is -0.394 e. The maximum atomic E-state index is 9.42. The third kappa shape index (κ3) is 2.12. The first-order valence-electron chi connectivity index (χ1n) is 6.13. The summed E-state index contributed by atoms with van der Waals surface area (Å²) in [7, 11) is 0. The summed E-state index contributed by atoms with van der Waals surface area (Å²) in [4.78, 5) is 0. The molecule has 2 saturated carbocycles. The van der Waals surface area contributed by atoms with Crippen molar-refractivity contribution in [1.82, 2.24) is 5.32 Å². The fraction of sp³-hybridized carbons (Fsp3) is 1.00. The van der Waals surface area contributed by atoms with Gasteiger partial charge in [0.25, 0.3) is 0 Å². The molecule has 2 nitrogen and oxygen atoms in total. The molecule has 2 aliphatic rings. The highest BCUT2D eigenvalue weighted by Gasteiger charge is 2.42. The second-order valence-electron chi connectivity index (χ2n) is 5.43. The lowest BCUT2D eigenvalue weighted by atomic mass is 9.69. The molecule has 2 rings (SSSR count). The average Bonchev–Trinajstić information content (AvgIpc) is 2.16. The van der Waals surface area contributed by atoms with Crippen LogP contribution in [0.1, 0.15) is 51.9 Å². The molecule has 0 amide bonds. The molecule has 0 heterocycles. The molecule has 2 N–H and O–H groups in total. The zero-order chi connectivity index (χ0) is 10.0. The molecule has 0 aromatic heterocycles. The number of nitrogens with one attached hydrogen (secondary N) is 1. The van der Waals surface area contributed by atoms with Crippen LogP contribution >= 0.6 is 0 Å². The zero-order valence-corrected chi connectivity index (χ0v) is 9.26. The summed E-state index contributed by atoms with van der Waals surface area (Å²) in [6, 6.07) is 0.684. The van der Waals surface area contributed by atoms with E-state index in [4.69, 9.17) is 0 Å². The summed E-state index contributed by atoms with van der Waals surface area (Å²) in [5.74, 6) is 0.804. The van der Waals surface area contributed by atoms with Gasteiger partial charge in [-0.05, 0) is 31.6 Å². The van der Waals surface area contributed by atoms with Crippen LogP contribution in [0.4, 0.5) is 0 Å². The van der Waals surface area contributed by atoms with Crippen molar-refractivity contribution in [3.63, 3.8) is 0 Å². The Kier molecular flexibility index (Phi) is 3.13. The van der Waals surface area contributed by atoms with E-state index in [1.807, 2.05) is 0 Å². The van der Waals surface area contributed by atoms with Crippen LogP contribution in [0.5, 0.6) is 0 Å². The van der Waals surface area contributed by atoms with Crippen molar-refractivity contribution < 1.29 is 5.11 Å². The summed E-state index contributed by atoms with van der Waals surface area (Å²) in [5.41, 5.74) is 0.0986. The van der Waals surface area contributed by atoms with Crippen molar-refractivity contribution in [2.75, 3.05) is 6.61 Å². The van der Waals surface area contributed by atoms with E-state index in [-0.39, 0.29) is 5.54 Å².